The number of rotatable bonds is 6. The van der Waals surface area contributed by atoms with Crippen molar-refractivity contribution in [2.24, 2.45) is 5.92 Å². The number of nitro benzene ring substituents is 1. The van der Waals surface area contributed by atoms with Gasteiger partial charge in [-0.2, -0.15) is 0 Å². The van der Waals surface area contributed by atoms with Crippen LogP contribution in [-0.2, 0) is 14.3 Å². The minimum Gasteiger partial charge on any atom is -0.449 e. The Hall–Kier alpha value is -2.70. The molecule has 0 aliphatic heterocycles. The maximum Gasteiger partial charge on any atom is 0.331 e. The van der Waals surface area contributed by atoms with Crippen molar-refractivity contribution < 1.29 is 19.2 Å². The van der Waals surface area contributed by atoms with Gasteiger partial charge in [-0.1, -0.05) is 19.8 Å². The number of carbonyl (C=O) groups excluding carboxylic acids is 2. The zero-order valence-electron chi connectivity index (χ0n) is 15.0. The highest BCUT2D eigenvalue weighted by Gasteiger charge is 2.25. The number of amides is 1. The minimum absolute atomic E-state index is 0.0213. The van der Waals surface area contributed by atoms with Gasteiger partial charge in [0.25, 0.3) is 11.6 Å². The highest BCUT2D eigenvalue weighted by Crippen LogP contribution is 2.23. The van der Waals surface area contributed by atoms with Crippen molar-refractivity contribution in [2.45, 2.75) is 51.7 Å². The summed E-state index contributed by atoms with van der Waals surface area (Å²) in [5.41, 5.74) is 0.604. The van der Waals surface area contributed by atoms with Crippen molar-refractivity contribution in [3.8, 4) is 0 Å². The molecule has 1 aromatic rings. The highest BCUT2D eigenvalue weighted by molar-refractivity contribution is 5.90. The number of ether oxygens (including phenoxy) is 1. The van der Waals surface area contributed by atoms with Gasteiger partial charge in [0, 0.05) is 24.3 Å². The second-order valence-corrected chi connectivity index (χ2v) is 6.64. The van der Waals surface area contributed by atoms with Gasteiger partial charge in [-0.25, -0.2) is 4.79 Å². The summed E-state index contributed by atoms with van der Waals surface area (Å²) >= 11 is 0. The molecule has 0 unspecified atom stereocenters. The van der Waals surface area contributed by atoms with Crippen LogP contribution in [-0.4, -0.2) is 28.9 Å². The largest absolute Gasteiger partial charge is 0.449 e. The second-order valence-electron chi connectivity index (χ2n) is 6.64. The predicted molar refractivity (Wildman–Crippen MR) is 97.2 cm³/mol. The Kier molecular flexibility index (Phi) is 6.89. The maximum atomic E-state index is 12.2. The summed E-state index contributed by atoms with van der Waals surface area (Å²) in [5, 5.41) is 13.6. The summed E-state index contributed by atoms with van der Waals surface area (Å²) in [6, 6.07) is 5.90. The van der Waals surface area contributed by atoms with Gasteiger partial charge in [0.15, 0.2) is 6.10 Å². The molecule has 7 heteroatoms. The first-order chi connectivity index (χ1) is 12.4. The summed E-state index contributed by atoms with van der Waals surface area (Å²) in [7, 11) is 0. The molecule has 2 rings (SSSR count). The average Bonchev–Trinajstić information content (AvgIpc) is 2.62. The van der Waals surface area contributed by atoms with E-state index in [-0.39, 0.29) is 17.6 Å². The van der Waals surface area contributed by atoms with Gasteiger partial charge in [-0.3, -0.25) is 14.9 Å². The Labute approximate surface area is 152 Å². The molecule has 1 aliphatic rings. The molecule has 26 heavy (non-hydrogen) atoms. The fraction of sp³-hybridized carbons (Fsp3) is 0.474. The molecule has 1 aliphatic carbocycles. The number of esters is 1. The number of non-ortho nitro benzene ring substituents is 1. The summed E-state index contributed by atoms with van der Waals surface area (Å²) in [6.07, 6.45) is 6.14. The van der Waals surface area contributed by atoms with E-state index in [1.165, 1.54) is 42.8 Å². The fourth-order valence-electron chi connectivity index (χ4n) is 2.97. The van der Waals surface area contributed by atoms with Gasteiger partial charge < -0.3 is 10.1 Å². The van der Waals surface area contributed by atoms with Crippen LogP contribution in [0.2, 0.25) is 0 Å². The van der Waals surface area contributed by atoms with Crippen molar-refractivity contribution >= 4 is 23.6 Å². The Bertz CT molecular complexity index is 684. The number of nitrogens with zero attached hydrogens (tertiary/aromatic N) is 1. The van der Waals surface area contributed by atoms with Gasteiger partial charge in [0.05, 0.1) is 4.92 Å². The molecule has 1 aromatic carbocycles. The number of carbonyl (C=O) groups is 2. The van der Waals surface area contributed by atoms with E-state index < -0.39 is 17.0 Å². The molecule has 1 N–H and O–H groups in total. The van der Waals surface area contributed by atoms with Crippen LogP contribution in [0, 0.1) is 16.0 Å². The number of nitro groups is 1. The van der Waals surface area contributed by atoms with Crippen molar-refractivity contribution in [2.75, 3.05) is 0 Å². The predicted octanol–water partition coefficient (Wildman–Crippen LogP) is 3.23. The normalized spacial score (nSPS) is 21.2. The molecule has 0 heterocycles. The van der Waals surface area contributed by atoms with E-state index in [9.17, 15) is 19.7 Å². The van der Waals surface area contributed by atoms with Gasteiger partial charge >= 0.3 is 5.97 Å². The van der Waals surface area contributed by atoms with Crippen LogP contribution >= 0.6 is 0 Å². The summed E-state index contributed by atoms with van der Waals surface area (Å²) < 4.78 is 5.13. The first-order valence-corrected chi connectivity index (χ1v) is 8.80. The first-order valence-electron chi connectivity index (χ1n) is 8.80. The third kappa shape index (κ3) is 5.68. The van der Waals surface area contributed by atoms with Crippen molar-refractivity contribution in [1.29, 1.82) is 0 Å². The van der Waals surface area contributed by atoms with E-state index >= 15 is 0 Å². The third-order valence-electron chi connectivity index (χ3n) is 4.62. The van der Waals surface area contributed by atoms with Gasteiger partial charge in [-0.15, -0.1) is 0 Å². The third-order valence-corrected chi connectivity index (χ3v) is 4.62. The summed E-state index contributed by atoms with van der Waals surface area (Å²) in [6.45, 7) is 3.66. The highest BCUT2D eigenvalue weighted by atomic mass is 16.6. The Morgan fingerprint density at radius 2 is 1.92 bits per heavy atom. The lowest BCUT2D eigenvalue weighted by molar-refractivity contribution is -0.384. The van der Waals surface area contributed by atoms with E-state index in [0.717, 1.165) is 19.3 Å². The lowest BCUT2D eigenvalue weighted by Gasteiger charge is -2.30. The van der Waals surface area contributed by atoms with Crippen LogP contribution in [0.3, 0.4) is 0 Å². The zero-order chi connectivity index (χ0) is 19.1. The number of hydrogen-bond donors (Lipinski definition) is 1. The second kappa shape index (κ2) is 9.12. The molecule has 140 valence electrons. The Balaban J connectivity index is 1.83. The van der Waals surface area contributed by atoms with Crippen LogP contribution in [0.4, 0.5) is 5.69 Å². The smallest absolute Gasteiger partial charge is 0.331 e. The number of nitrogens with one attached hydrogen (secondary N) is 1. The maximum absolute atomic E-state index is 12.2. The molecule has 3 atom stereocenters. The molecule has 1 amide bonds. The van der Waals surface area contributed by atoms with Crippen LogP contribution in [0.25, 0.3) is 6.08 Å². The minimum atomic E-state index is -0.877. The first kappa shape index (κ1) is 19.6. The molecule has 0 bridgehead atoms. The molecule has 1 saturated carbocycles. The molecule has 0 aromatic heterocycles. The van der Waals surface area contributed by atoms with Crippen LogP contribution in [0.15, 0.2) is 30.3 Å². The van der Waals surface area contributed by atoms with Gasteiger partial charge in [0.1, 0.15) is 0 Å². The van der Waals surface area contributed by atoms with Crippen molar-refractivity contribution in [1.82, 2.24) is 5.32 Å². The quantitative estimate of drug-likeness (QED) is 0.363. The van der Waals surface area contributed by atoms with Crippen molar-refractivity contribution in [3.05, 3.63) is 46.0 Å². The molecule has 7 nitrogen and oxygen atoms in total. The lowest BCUT2D eigenvalue weighted by Crippen LogP contribution is -2.45. The average molecular weight is 360 g/mol. The van der Waals surface area contributed by atoms with Crippen molar-refractivity contribution in [3.63, 3.8) is 0 Å². The number of benzene rings is 1. The van der Waals surface area contributed by atoms with E-state index in [4.69, 9.17) is 4.74 Å². The Morgan fingerprint density at radius 3 is 2.54 bits per heavy atom. The Morgan fingerprint density at radius 1 is 1.27 bits per heavy atom. The summed E-state index contributed by atoms with van der Waals surface area (Å²) in [4.78, 5) is 34.2. The van der Waals surface area contributed by atoms with Crippen LogP contribution in [0.5, 0.6) is 0 Å². The molecular formula is C19H24N2O5. The fourth-order valence-corrected chi connectivity index (χ4v) is 2.97. The van der Waals surface area contributed by atoms with E-state index in [2.05, 4.69) is 12.2 Å². The monoisotopic (exact) mass is 360 g/mol. The lowest BCUT2D eigenvalue weighted by atomic mass is 9.86. The topological polar surface area (TPSA) is 98.5 Å². The van der Waals surface area contributed by atoms with E-state index in [1.54, 1.807) is 6.92 Å². The van der Waals surface area contributed by atoms with Crippen LogP contribution in [0.1, 0.15) is 45.1 Å². The molecule has 1 fully saturated rings. The molecule has 0 radical (unpaired) electrons. The van der Waals surface area contributed by atoms with E-state index in [0.29, 0.717) is 11.5 Å². The van der Waals surface area contributed by atoms with Gasteiger partial charge in [0.2, 0.25) is 0 Å². The van der Waals surface area contributed by atoms with Crippen LogP contribution < -0.4 is 5.32 Å². The standard InChI is InChI=1S/C19H24N2O5/c1-13-5-3-4-6-17(13)20-19(23)14(2)26-18(22)12-9-15-7-10-16(11-8-15)21(24)25/h7-14,17H,3-6H2,1-2H3,(H,20,23)/b12-9+/t13-,14-,17-/m1/s1. The SMILES string of the molecule is C[C@@H]1CCCC[C@H]1NC(=O)[C@@H](C)OC(=O)/C=C/c1ccc([N+](=O)[O-])cc1. The molecular weight excluding hydrogens is 336 g/mol. The summed E-state index contributed by atoms with van der Waals surface area (Å²) in [5.74, 6) is -0.499. The van der Waals surface area contributed by atoms with Gasteiger partial charge in [-0.05, 0) is 49.5 Å². The molecule has 0 spiro atoms. The molecule has 0 saturated heterocycles. The zero-order valence-corrected chi connectivity index (χ0v) is 15.0. The number of hydrogen-bond acceptors (Lipinski definition) is 5. The van der Waals surface area contributed by atoms with E-state index in [1.807, 2.05) is 0 Å².